The van der Waals surface area contributed by atoms with Crippen LogP contribution in [0.15, 0.2) is 54.6 Å². The Labute approximate surface area is 182 Å². The van der Waals surface area contributed by atoms with Gasteiger partial charge >= 0.3 is 0 Å². The van der Waals surface area contributed by atoms with E-state index in [9.17, 15) is 9.18 Å². The van der Waals surface area contributed by atoms with E-state index in [2.05, 4.69) is 9.88 Å². The zero-order chi connectivity index (χ0) is 21.8. The van der Waals surface area contributed by atoms with Crippen LogP contribution in [0.5, 0.6) is 0 Å². The smallest absolute Gasteiger partial charge is 0.253 e. The van der Waals surface area contributed by atoms with Gasteiger partial charge in [0.1, 0.15) is 17.5 Å². The summed E-state index contributed by atoms with van der Waals surface area (Å²) in [6.45, 7) is 6.73. The number of benzene rings is 2. The van der Waals surface area contributed by atoms with E-state index in [0.29, 0.717) is 26.1 Å². The second-order valence-electron chi connectivity index (χ2n) is 7.96. The minimum atomic E-state index is -0.241. The fraction of sp³-hybridized carbons (Fsp3) is 0.320. The number of carbonyl (C=O) groups is 1. The van der Waals surface area contributed by atoms with Gasteiger partial charge in [-0.25, -0.2) is 14.4 Å². The largest absolute Gasteiger partial charge is 0.354 e. The molecule has 1 aromatic heterocycles. The average molecular weight is 419 g/mol. The molecule has 31 heavy (non-hydrogen) atoms. The van der Waals surface area contributed by atoms with Gasteiger partial charge in [0, 0.05) is 49.4 Å². The Balaban J connectivity index is 1.57. The van der Waals surface area contributed by atoms with Crippen LogP contribution in [0.25, 0.3) is 0 Å². The second-order valence-corrected chi connectivity index (χ2v) is 7.96. The Morgan fingerprint density at radius 3 is 2.55 bits per heavy atom. The van der Waals surface area contributed by atoms with Gasteiger partial charge in [-0.05, 0) is 50.1 Å². The number of rotatable bonds is 4. The molecule has 3 aromatic rings. The Morgan fingerprint density at radius 2 is 1.77 bits per heavy atom. The van der Waals surface area contributed by atoms with Crippen molar-refractivity contribution in [3.63, 3.8) is 0 Å². The van der Waals surface area contributed by atoms with Gasteiger partial charge in [0.15, 0.2) is 0 Å². The van der Waals surface area contributed by atoms with Crippen LogP contribution in [-0.4, -0.2) is 47.0 Å². The van der Waals surface area contributed by atoms with Crippen molar-refractivity contribution in [1.29, 1.82) is 0 Å². The van der Waals surface area contributed by atoms with Crippen LogP contribution in [0, 0.1) is 19.7 Å². The second kappa shape index (κ2) is 9.25. The molecule has 0 radical (unpaired) electrons. The number of aromatic nitrogens is 2. The van der Waals surface area contributed by atoms with E-state index in [1.165, 1.54) is 6.07 Å². The third-order valence-corrected chi connectivity index (χ3v) is 5.68. The number of amides is 1. The molecule has 0 bridgehead atoms. The predicted molar refractivity (Wildman–Crippen MR) is 120 cm³/mol. The summed E-state index contributed by atoms with van der Waals surface area (Å²) in [7, 11) is 0. The van der Waals surface area contributed by atoms with E-state index in [1.807, 2.05) is 55.1 Å². The average Bonchev–Trinajstić information content (AvgIpc) is 3.02. The molecule has 1 aliphatic heterocycles. The number of aryl methyl sites for hydroxylation is 2. The molecule has 0 aliphatic carbocycles. The molecule has 160 valence electrons. The third kappa shape index (κ3) is 4.90. The van der Waals surface area contributed by atoms with Crippen molar-refractivity contribution in [3.05, 3.63) is 88.6 Å². The molecule has 0 atom stereocenters. The first-order valence-electron chi connectivity index (χ1n) is 10.7. The fourth-order valence-corrected chi connectivity index (χ4v) is 4.13. The zero-order valence-electron chi connectivity index (χ0n) is 18.0. The van der Waals surface area contributed by atoms with E-state index in [-0.39, 0.29) is 11.7 Å². The van der Waals surface area contributed by atoms with Gasteiger partial charge in [-0.2, -0.15) is 0 Å². The lowest BCUT2D eigenvalue weighted by Gasteiger charge is -2.26. The van der Waals surface area contributed by atoms with Crippen LogP contribution in [-0.2, 0) is 6.42 Å². The predicted octanol–water partition coefficient (Wildman–Crippen LogP) is 4.18. The van der Waals surface area contributed by atoms with Crippen LogP contribution in [0.3, 0.4) is 0 Å². The summed E-state index contributed by atoms with van der Waals surface area (Å²) in [5.41, 5.74) is 3.54. The van der Waals surface area contributed by atoms with Crippen molar-refractivity contribution in [3.8, 4) is 0 Å². The highest BCUT2D eigenvalue weighted by molar-refractivity contribution is 5.94. The number of hydrogen-bond donors (Lipinski definition) is 0. The molecule has 0 spiro atoms. The highest BCUT2D eigenvalue weighted by atomic mass is 19.1. The van der Waals surface area contributed by atoms with Gasteiger partial charge < -0.3 is 9.80 Å². The molecule has 6 heteroatoms. The molecule has 0 N–H and O–H groups in total. The van der Waals surface area contributed by atoms with Gasteiger partial charge in [-0.15, -0.1) is 0 Å². The van der Waals surface area contributed by atoms with Crippen molar-refractivity contribution in [2.24, 2.45) is 0 Å². The summed E-state index contributed by atoms with van der Waals surface area (Å²) in [4.78, 5) is 26.4. The van der Waals surface area contributed by atoms with Crippen molar-refractivity contribution in [2.45, 2.75) is 26.7 Å². The lowest BCUT2D eigenvalue weighted by molar-refractivity contribution is 0.0767. The minimum Gasteiger partial charge on any atom is -0.354 e. The maximum Gasteiger partial charge on any atom is 0.253 e. The molecule has 2 heterocycles. The van der Waals surface area contributed by atoms with Crippen LogP contribution < -0.4 is 4.90 Å². The summed E-state index contributed by atoms with van der Waals surface area (Å²) in [5, 5.41) is 0. The molecule has 1 aliphatic rings. The van der Waals surface area contributed by atoms with Gasteiger partial charge in [-0.1, -0.05) is 30.3 Å². The summed E-state index contributed by atoms with van der Waals surface area (Å²) in [6, 6.07) is 16.1. The molecular weight excluding hydrogens is 391 g/mol. The number of anilines is 1. The van der Waals surface area contributed by atoms with Crippen LogP contribution in [0.2, 0.25) is 0 Å². The Bertz CT molecular complexity index is 1070. The van der Waals surface area contributed by atoms with Gasteiger partial charge in [0.05, 0.1) is 0 Å². The van der Waals surface area contributed by atoms with E-state index < -0.39 is 0 Å². The molecular formula is C25H27FN4O. The number of nitrogens with zero attached hydrogens (tertiary/aromatic N) is 4. The quantitative estimate of drug-likeness (QED) is 0.638. The monoisotopic (exact) mass is 418 g/mol. The van der Waals surface area contributed by atoms with E-state index >= 15 is 0 Å². The normalized spacial score (nSPS) is 14.4. The lowest BCUT2D eigenvalue weighted by Crippen LogP contribution is -2.35. The van der Waals surface area contributed by atoms with Gasteiger partial charge in [0.25, 0.3) is 5.91 Å². The van der Waals surface area contributed by atoms with Crippen LogP contribution >= 0.6 is 0 Å². The highest BCUT2D eigenvalue weighted by Gasteiger charge is 2.23. The molecule has 1 fully saturated rings. The summed E-state index contributed by atoms with van der Waals surface area (Å²) in [5.74, 6) is 1.44. The number of hydrogen-bond acceptors (Lipinski definition) is 4. The highest BCUT2D eigenvalue weighted by Crippen LogP contribution is 2.25. The van der Waals surface area contributed by atoms with E-state index in [4.69, 9.17) is 4.98 Å². The molecule has 2 aromatic carbocycles. The molecule has 0 saturated carbocycles. The lowest BCUT2D eigenvalue weighted by atomic mass is 10.0. The van der Waals surface area contributed by atoms with Crippen LogP contribution in [0.1, 0.15) is 39.4 Å². The molecule has 0 unspecified atom stereocenters. The number of halogens is 1. The molecule has 5 nitrogen and oxygen atoms in total. The van der Waals surface area contributed by atoms with Gasteiger partial charge in [0.2, 0.25) is 0 Å². The maximum absolute atomic E-state index is 13.7. The first-order chi connectivity index (χ1) is 15.0. The fourth-order valence-electron chi connectivity index (χ4n) is 4.13. The van der Waals surface area contributed by atoms with Crippen molar-refractivity contribution in [1.82, 2.24) is 14.9 Å². The first-order valence-corrected chi connectivity index (χ1v) is 10.7. The third-order valence-electron chi connectivity index (χ3n) is 5.68. The standard InChI is InChI=1S/C25H27FN4O/c1-18-23(17-20-8-6-11-22(26)16-20)24(28-19(2)27-18)29-12-7-13-30(15-14-29)25(31)21-9-4-3-5-10-21/h3-6,8-11,16H,7,12-15,17H2,1-2H3. The minimum absolute atomic E-state index is 0.0671. The Hall–Kier alpha value is -3.28. The molecule has 1 saturated heterocycles. The maximum atomic E-state index is 13.7. The topological polar surface area (TPSA) is 49.3 Å². The Kier molecular flexibility index (Phi) is 6.26. The summed E-state index contributed by atoms with van der Waals surface area (Å²) in [6.07, 6.45) is 1.43. The van der Waals surface area contributed by atoms with E-state index in [1.54, 1.807) is 12.1 Å². The van der Waals surface area contributed by atoms with Crippen molar-refractivity contribution in [2.75, 3.05) is 31.1 Å². The van der Waals surface area contributed by atoms with Crippen molar-refractivity contribution >= 4 is 11.7 Å². The number of carbonyl (C=O) groups excluding carboxylic acids is 1. The Morgan fingerprint density at radius 1 is 0.968 bits per heavy atom. The first kappa shape index (κ1) is 21.0. The summed E-state index contributed by atoms with van der Waals surface area (Å²) < 4.78 is 13.7. The van der Waals surface area contributed by atoms with Crippen molar-refractivity contribution < 1.29 is 9.18 Å². The van der Waals surface area contributed by atoms with E-state index in [0.717, 1.165) is 47.0 Å². The van der Waals surface area contributed by atoms with Crippen LogP contribution in [0.4, 0.5) is 10.2 Å². The SMILES string of the molecule is Cc1nc(C)c(Cc2cccc(F)c2)c(N2CCCN(C(=O)c3ccccc3)CC2)n1. The molecule has 1 amide bonds. The zero-order valence-corrected chi connectivity index (χ0v) is 18.0. The van der Waals surface area contributed by atoms with Gasteiger partial charge in [-0.3, -0.25) is 4.79 Å². The summed E-state index contributed by atoms with van der Waals surface area (Å²) >= 11 is 0. The molecule has 4 rings (SSSR count).